The highest BCUT2D eigenvalue weighted by molar-refractivity contribution is 6.06. The molecule has 10 nitrogen and oxygen atoms in total. The Kier molecular flexibility index (Phi) is 8.46. The number of nitrogens with zero attached hydrogens (tertiary/aromatic N) is 3. The van der Waals surface area contributed by atoms with E-state index >= 15 is 8.78 Å². The van der Waals surface area contributed by atoms with Gasteiger partial charge in [-0.15, -0.1) is 0 Å². The molecular weight excluding hydrogens is 631 g/mol. The Labute approximate surface area is 255 Å². The highest BCUT2D eigenvalue weighted by Crippen LogP contribution is 2.38. The zero-order valence-corrected chi connectivity index (χ0v) is 23.9. The number of benzene rings is 2. The molecule has 1 amide bonds. The summed E-state index contributed by atoms with van der Waals surface area (Å²) in [6, 6.07) is 7.29. The number of nitrogens with one attached hydrogen (secondary N) is 2. The summed E-state index contributed by atoms with van der Waals surface area (Å²) >= 11 is 0. The summed E-state index contributed by atoms with van der Waals surface area (Å²) < 4.78 is 109. The number of rotatable bonds is 10. The molecule has 0 atom stereocenters. The van der Waals surface area contributed by atoms with Crippen molar-refractivity contribution in [2.45, 2.75) is 31.2 Å². The SMILES string of the molecule is COc1cc(F)c(-c2c(NC(=O)c3ccc(OC(F)F)cc3)c(=O)n(-c3nc(NCC4(O)CC4)ccc3C(F)(F)F)n2C)c(F)c1. The molecule has 244 valence electrons. The maximum atomic E-state index is 15.4. The maximum Gasteiger partial charge on any atom is 0.420 e. The van der Waals surface area contributed by atoms with Gasteiger partial charge in [-0.2, -0.15) is 26.6 Å². The fourth-order valence-electron chi connectivity index (χ4n) is 4.62. The molecule has 3 N–H and O–H groups in total. The van der Waals surface area contributed by atoms with Crippen LogP contribution in [0.25, 0.3) is 17.1 Å². The molecule has 5 rings (SSSR count). The third-order valence-electron chi connectivity index (χ3n) is 7.14. The first kappa shape index (κ1) is 32.3. The second-order valence-corrected chi connectivity index (χ2v) is 10.3. The second kappa shape index (κ2) is 12.0. The molecule has 0 unspecified atom stereocenters. The third kappa shape index (κ3) is 6.49. The predicted molar refractivity (Wildman–Crippen MR) is 149 cm³/mol. The number of halogens is 7. The second-order valence-electron chi connectivity index (χ2n) is 10.3. The van der Waals surface area contributed by atoms with Crippen LogP contribution in [-0.4, -0.2) is 51.2 Å². The highest BCUT2D eigenvalue weighted by atomic mass is 19.4. The minimum Gasteiger partial charge on any atom is -0.497 e. The van der Waals surface area contributed by atoms with Crippen molar-refractivity contribution in [3.63, 3.8) is 0 Å². The van der Waals surface area contributed by atoms with Gasteiger partial charge in [-0.05, 0) is 49.2 Å². The number of hydrogen-bond donors (Lipinski definition) is 3. The lowest BCUT2D eigenvalue weighted by Crippen LogP contribution is -2.27. The van der Waals surface area contributed by atoms with E-state index in [1.165, 1.54) is 0 Å². The fraction of sp³-hybridized carbons (Fsp3) is 0.276. The van der Waals surface area contributed by atoms with Crippen LogP contribution >= 0.6 is 0 Å². The van der Waals surface area contributed by atoms with Crippen LogP contribution in [0.2, 0.25) is 0 Å². The monoisotopic (exact) mass is 655 g/mol. The van der Waals surface area contributed by atoms with E-state index in [4.69, 9.17) is 4.74 Å². The number of ether oxygens (including phenoxy) is 2. The molecular formula is C29H24F7N5O5. The summed E-state index contributed by atoms with van der Waals surface area (Å²) in [6.07, 6.45) is -4.15. The number of pyridine rings is 1. The van der Waals surface area contributed by atoms with E-state index in [-0.39, 0.29) is 29.4 Å². The van der Waals surface area contributed by atoms with Crippen LogP contribution in [0.3, 0.4) is 0 Å². The van der Waals surface area contributed by atoms with Crippen molar-refractivity contribution < 1.29 is 50.1 Å². The number of carbonyl (C=O) groups is 1. The number of aromatic nitrogens is 3. The van der Waals surface area contributed by atoms with E-state index in [0.717, 1.165) is 56.6 Å². The molecule has 2 aromatic carbocycles. The van der Waals surface area contributed by atoms with E-state index in [1.54, 1.807) is 0 Å². The highest BCUT2D eigenvalue weighted by Gasteiger charge is 2.41. The topological polar surface area (TPSA) is 120 Å². The third-order valence-corrected chi connectivity index (χ3v) is 7.14. The zero-order chi connectivity index (χ0) is 33.6. The van der Waals surface area contributed by atoms with Crippen molar-refractivity contribution in [2.24, 2.45) is 7.05 Å². The molecule has 1 aliphatic rings. The van der Waals surface area contributed by atoms with Gasteiger partial charge in [0.25, 0.3) is 11.5 Å². The zero-order valence-electron chi connectivity index (χ0n) is 23.9. The summed E-state index contributed by atoms with van der Waals surface area (Å²) in [4.78, 5) is 31.0. The van der Waals surface area contributed by atoms with Gasteiger partial charge in [0, 0.05) is 31.3 Å². The molecule has 1 fully saturated rings. The molecule has 2 aromatic heterocycles. The predicted octanol–water partition coefficient (Wildman–Crippen LogP) is 5.33. The van der Waals surface area contributed by atoms with Crippen molar-refractivity contribution in [3.05, 3.63) is 81.6 Å². The number of methoxy groups -OCH3 is 1. The van der Waals surface area contributed by atoms with E-state index in [9.17, 15) is 36.6 Å². The fourth-order valence-corrected chi connectivity index (χ4v) is 4.62. The maximum absolute atomic E-state index is 15.4. The van der Waals surface area contributed by atoms with E-state index in [0.29, 0.717) is 28.3 Å². The lowest BCUT2D eigenvalue weighted by atomic mass is 10.1. The van der Waals surface area contributed by atoms with Crippen LogP contribution in [0, 0.1) is 11.6 Å². The molecule has 0 bridgehead atoms. The van der Waals surface area contributed by atoms with Crippen LogP contribution in [0.4, 0.5) is 42.2 Å². The molecule has 1 aliphatic carbocycles. The van der Waals surface area contributed by atoms with Gasteiger partial charge in [-0.1, -0.05) is 0 Å². The van der Waals surface area contributed by atoms with E-state index in [2.05, 4.69) is 20.4 Å². The first-order chi connectivity index (χ1) is 21.6. The van der Waals surface area contributed by atoms with Gasteiger partial charge in [0.05, 0.1) is 18.3 Å². The van der Waals surface area contributed by atoms with Crippen LogP contribution < -0.4 is 25.7 Å². The Morgan fingerprint density at radius 1 is 1.07 bits per heavy atom. The van der Waals surface area contributed by atoms with Crippen LogP contribution in [-0.2, 0) is 13.2 Å². The summed E-state index contributed by atoms with van der Waals surface area (Å²) in [7, 11) is 2.16. The Balaban J connectivity index is 1.69. The van der Waals surface area contributed by atoms with Crippen molar-refractivity contribution in [1.82, 2.24) is 14.3 Å². The molecule has 0 spiro atoms. The minimum absolute atomic E-state index is 0.0528. The number of hydrogen-bond acceptors (Lipinski definition) is 7. The number of carbonyl (C=O) groups excluding carboxylic acids is 1. The van der Waals surface area contributed by atoms with Gasteiger partial charge >= 0.3 is 12.8 Å². The number of alkyl halides is 5. The normalized spacial score (nSPS) is 13.9. The first-order valence-corrected chi connectivity index (χ1v) is 13.4. The van der Waals surface area contributed by atoms with Gasteiger partial charge in [0.1, 0.15) is 45.9 Å². The number of amides is 1. The van der Waals surface area contributed by atoms with Crippen molar-refractivity contribution in [2.75, 3.05) is 24.3 Å². The number of anilines is 2. The summed E-state index contributed by atoms with van der Waals surface area (Å²) in [5.41, 5.74) is -6.44. The standard InChI is InChI=1S/C29H24F7N5O5/c1-40-23(21-18(30)11-16(45-2)12-19(21)31)22(39-25(42)14-3-5-15(6-4-14)46-27(32)33)26(43)41(40)24-17(29(34,35)36)7-8-20(38-24)37-13-28(44)9-10-28/h3-8,11-12,27,44H,9-10,13H2,1-2H3,(H,37,38)(H,39,42). The quantitative estimate of drug-likeness (QED) is 0.198. The van der Waals surface area contributed by atoms with Gasteiger partial charge in [0.2, 0.25) is 0 Å². The van der Waals surface area contributed by atoms with Gasteiger partial charge in [0.15, 0.2) is 5.82 Å². The smallest absolute Gasteiger partial charge is 0.420 e. The molecule has 0 radical (unpaired) electrons. The molecule has 0 aliphatic heterocycles. The molecule has 4 aromatic rings. The Morgan fingerprint density at radius 3 is 2.24 bits per heavy atom. The molecule has 17 heteroatoms. The Morgan fingerprint density at radius 2 is 1.70 bits per heavy atom. The van der Waals surface area contributed by atoms with E-state index < -0.39 is 69.8 Å². The van der Waals surface area contributed by atoms with Crippen LogP contribution in [0.5, 0.6) is 11.5 Å². The van der Waals surface area contributed by atoms with Crippen molar-refractivity contribution in [3.8, 4) is 28.6 Å². The first-order valence-electron chi connectivity index (χ1n) is 13.4. The average molecular weight is 656 g/mol. The van der Waals surface area contributed by atoms with Crippen molar-refractivity contribution >= 4 is 17.4 Å². The summed E-state index contributed by atoms with van der Waals surface area (Å²) in [5.74, 6) is -5.36. The largest absolute Gasteiger partial charge is 0.497 e. The molecule has 0 saturated heterocycles. The summed E-state index contributed by atoms with van der Waals surface area (Å²) in [6.45, 7) is -3.20. The summed E-state index contributed by atoms with van der Waals surface area (Å²) in [5, 5.41) is 15.0. The lowest BCUT2D eigenvalue weighted by molar-refractivity contribution is -0.137. The van der Waals surface area contributed by atoms with Gasteiger partial charge in [-0.3, -0.25) is 14.3 Å². The Hall–Kier alpha value is -5.06. The Bertz CT molecular complexity index is 1830. The van der Waals surface area contributed by atoms with Crippen LogP contribution in [0.1, 0.15) is 28.8 Å². The minimum atomic E-state index is -5.07. The van der Waals surface area contributed by atoms with Gasteiger partial charge in [-0.25, -0.2) is 13.8 Å². The van der Waals surface area contributed by atoms with Gasteiger partial charge < -0.3 is 25.2 Å². The molecule has 2 heterocycles. The van der Waals surface area contributed by atoms with Crippen LogP contribution in [0.15, 0.2) is 53.3 Å². The number of aliphatic hydroxyl groups is 1. The molecule has 1 saturated carbocycles. The lowest BCUT2D eigenvalue weighted by Gasteiger charge is -2.17. The average Bonchev–Trinajstić information content (AvgIpc) is 3.68. The van der Waals surface area contributed by atoms with E-state index in [1.807, 2.05) is 0 Å². The molecule has 46 heavy (non-hydrogen) atoms. The van der Waals surface area contributed by atoms with Crippen molar-refractivity contribution in [1.29, 1.82) is 0 Å².